The topological polar surface area (TPSA) is 50.5 Å². The first-order chi connectivity index (χ1) is 9.67. The van der Waals surface area contributed by atoms with Crippen LogP contribution in [0.15, 0.2) is 24.3 Å². The normalized spacial score (nSPS) is 24.4. The molecule has 1 aliphatic heterocycles. The first-order valence-corrected chi connectivity index (χ1v) is 7.06. The summed E-state index contributed by atoms with van der Waals surface area (Å²) in [6.07, 6.45) is 0.0598. The number of aryl methyl sites for hydroxylation is 1. The van der Waals surface area contributed by atoms with Gasteiger partial charge >= 0.3 is 0 Å². The summed E-state index contributed by atoms with van der Waals surface area (Å²) in [4.78, 5) is 2.31. The predicted octanol–water partition coefficient (Wildman–Crippen LogP) is 1.15. The van der Waals surface area contributed by atoms with E-state index in [4.69, 9.17) is 4.74 Å². The zero-order valence-corrected chi connectivity index (χ0v) is 12.0. The molecule has 1 fully saturated rings. The van der Waals surface area contributed by atoms with Gasteiger partial charge in [-0.15, -0.1) is 0 Å². The molecule has 5 nitrogen and oxygen atoms in total. The number of benzene rings is 1. The summed E-state index contributed by atoms with van der Waals surface area (Å²) in [6, 6.07) is 8.29. The Balaban J connectivity index is 1.82. The summed E-state index contributed by atoms with van der Waals surface area (Å²) >= 11 is 0. The molecule has 20 heavy (non-hydrogen) atoms. The molecule has 108 valence electrons. The fraction of sp³-hybridized carbons (Fsp3) is 0.533. The van der Waals surface area contributed by atoms with Crippen molar-refractivity contribution < 1.29 is 9.84 Å². The van der Waals surface area contributed by atoms with Gasteiger partial charge in [0.2, 0.25) is 0 Å². The Kier molecular flexibility index (Phi) is 3.74. The van der Waals surface area contributed by atoms with Crippen molar-refractivity contribution in [2.45, 2.75) is 25.7 Å². The van der Waals surface area contributed by atoms with Crippen molar-refractivity contribution in [3.8, 4) is 0 Å². The van der Waals surface area contributed by atoms with Gasteiger partial charge in [0.05, 0.1) is 30.0 Å². The lowest BCUT2D eigenvalue weighted by molar-refractivity contribution is -0.0974. The highest BCUT2D eigenvalue weighted by Gasteiger charge is 2.25. The number of fused-ring (bicyclic) bond motifs is 1. The fourth-order valence-electron chi connectivity index (χ4n) is 2.99. The molecule has 2 heterocycles. The van der Waals surface area contributed by atoms with E-state index in [0.29, 0.717) is 0 Å². The van der Waals surface area contributed by atoms with Crippen LogP contribution in [0.2, 0.25) is 0 Å². The van der Waals surface area contributed by atoms with E-state index in [1.807, 2.05) is 30.8 Å². The number of hydrogen-bond acceptors (Lipinski definition) is 4. The lowest BCUT2D eigenvalue weighted by Crippen LogP contribution is -2.47. The van der Waals surface area contributed by atoms with Gasteiger partial charge in [-0.05, 0) is 13.0 Å². The molecular formula is C15H21N3O2. The Morgan fingerprint density at radius 1 is 1.35 bits per heavy atom. The molecule has 1 aromatic carbocycles. The van der Waals surface area contributed by atoms with Crippen molar-refractivity contribution in [2.24, 2.45) is 7.05 Å². The van der Waals surface area contributed by atoms with E-state index in [2.05, 4.69) is 22.1 Å². The number of aliphatic hydroxyl groups excluding tert-OH is 1. The molecule has 0 amide bonds. The van der Waals surface area contributed by atoms with Crippen molar-refractivity contribution in [3.63, 3.8) is 0 Å². The zero-order chi connectivity index (χ0) is 14.1. The van der Waals surface area contributed by atoms with Crippen LogP contribution in [0.3, 0.4) is 0 Å². The molecule has 1 N–H and O–H groups in total. The van der Waals surface area contributed by atoms with Crippen molar-refractivity contribution in [1.82, 2.24) is 14.7 Å². The van der Waals surface area contributed by atoms with E-state index >= 15 is 0 Å². The number of hydrogen-bond donors (Lipinski definition) is 1. The standard InChI is InChI=1S/C15H21N3O2/c1-11-7-18(8-12(10-19)20-11)9-14-13-5-3-4-6-15(13)17(2)16-14/h3-6,11-12,19H,7-10H2,1-2H3. The van der Waals surface area contributed by atoms with Crippen molar-refractivity contribution in [2.75, 3.05) is 19.7 Å². The highest BCUT2D eigenvalue weighted by atomic mass is 16.5. The van der Waals surface area contributed by atoms with Crippen LogP contribution in [0, 0.1) is 0 Å². The smallest absolute Gasteiger partial charge is 0.0936 e. The lowest BCUT2D eigenvalue weighted by atomic mass is 10.1. The second kappa shape index (κ2) is 5.52. The van der Waals surface area contributed by atoms with E-state index < -0.39 is 0 Å². The number of morpholine rings is 1. The molecule has 5 heteroatoms. The summed E-state index contributed by atoms with van der Waals surface area (Å²) in [6.45, 7) is 4.55. The Hall–Kier alpha value is -1.43. The Bertz CT molecular complexity index is 596. The van der Waals surface area contributed by atoms with Crippen LogP contribution >= 0.6 is 0 Å². The number of para-hydroxylation sites is 1. The average Bonchev–Trinajstić information content (AvgIpc) is 2.75. The molecule has 3 rings (SSSR count). The van der Waals surface area contributed by atoms with E-state index in [1.165, 1.54) is 5.39 Å². The van der Waals surface area contributed by atoms with Gasteiger partial charge in [0.1, 0.15) is 0 Å². The van der Waals surface area contributed by atoms with Gasteiger partial charge in [0.15, 0.2) is 0 Å². The molecule has 1 saturated heterocycles. The molecule has 2 atom stereocenters. The van der Waals surface area contributed by atoms with Gasteiger partial charge in [-0.1, -0.05) is 18.2 Å². The van der Waals surface area contributed by atoms with Crippen LogP contribution in [-0.4, -0.2) is 51.7 Å². The molecule has 0 spiro atoms. The van der Waals surface area contributed by atoms with Crippen molar-refractivity contribution in [3.05, 3.63) is 30.0 Å². The molecule has 0 radical (unpaired) electrons. The Labute approximate surface area is 118 Å². The van der Waals surface area contributed by atoms with Crippen LogP contribution in [0.1, 0.15) is 12.6 Å². The van der Waals surface area contributed by atoms with Crippen molar-refractivity contribution in [1.29, 1.82) is 0 Å². The van der Waals surface area contributed by atoms with Crippen LogP contribution < -0.4 is 0 Å². The molecule has 2 aromatic rings. The number of aliphatic hydroxyl groups is 1. The first-order valence-electron chi connectivity index (χ1n) is 7.06. The maximum Gasteiger partial charge on any atom is 0.0936 e. The minimum Gasteiger partial charge on any atom is -0.394 e. The van der Waals surface area contributed by atoms with Gasteiger partial charge in [0, 0.05) is 32.1 Å². The number of nitrogens with zero attached hydrogens (tertiary/aromatic N) is 3. The minimum atomic E-state index is -0.0891. The largest absolute Gasteiger partial charge is 0.394 e. The third-order valence-electron chi connectivity index (χ3n) is 3.81. The van der Waals surface area contributed by atoms with Gasteiger partial charge in [-0.3, -0.25) is 9.58 Å². The Morgan fingerprint density at radius 3 is 2.95 bits per heavy atom. The summed E-state index contributed by atoms with van der Waals surface area (Å²) in [7, 11) is 1.98. The molecule has 2 unspecified atom stereocenters. The highest BCUT2D eigenvalue weighted by molar-refractivity contribution is 5.81. The maximum atomic E-state index is 9.30. The summed E-state index contributed by atoms with van der Waals surface area (Å²) in [5.41, 5.74) is 2.25. The lowest BCUT2D eigenvalue weighted by Gasteiger charge is -2.35. The monoisotopic (exact) mass is 275 g/mol. The zero-order valence-electron chi connectivity index (χ0n) is 12.0. The van der Waals surface area contributed by atoms with Crippen LogP contribution in [-0.2, 0) is 18.3 Å². The van der Waals surface area contributed by atoms with E-state index in [0.717, 1.165) is 30.8 Å². The summed E-state index contributed by atoms with van der Waals surface area (Å²) < 4.78 is 7.61. The van der Waals surface area contributed by atoms with E-state index in [-0.39, 0.29) is 18.8 Å². The van der Waals surface area contributed by atoms with Gasteiger partial charge in [0.25, 0.3) is 0 Å². The molecule has 0 bridgehead atoms. The Morgan fingerprint density at radius 2 is 2.15 bits per heavy atom. The molecule has 0 aliphatic carbocycles. The average molecular weight is 275 g/mol. The molecule has 1 aromatic heterocycles. The van der Waals surface area contributed by atoms with Gasteiger partial charge in [-0.25, -0.2) is 0 Å². The third-order valence-corrected chi connectivity index (χ3v) is 3.81. The predicted molar refractivity (Wildman–Crippen MR) is 77.4 cm³/mol. The number of aromatic nitrogens is 2. The number of rotatable bonds is 3. The summed E-state index contributed by atoms with van der Waals surface area (Å²) in [5.74, 6) is 0. The maximum absolute atomic E-state index is 9.30. The van der Waals surface area contributed by atoms with E-state index in [9.17, 15) is 5.11 Å². The van der Waals surface area contributed by atoms with Crippen LogP contribution in [0.4, 0.5) is 0 Å². The van der Waals surface area contributed by atoms with Crippen LogP contribution in [0.5, 0.6) is 0 Å². The second-order valence-electron chi connectivity index (χ2n) is 5.53. The quantitative estimate of drug-likeness (QED) is 0.913. The van der Waals surface area contributed by atoms with Crippen molar-refractivity contribution >= 4 is 10.9 Å². The fourth-order valence-corrected chi connectivity index (χ4v) is 2.99. The molecule has 0 saturated carbocycles. The first kappa shape index (κ1) is 13.5. The second-order valence-corrected chi connectivity index (χ2v) is 5.53. The summed E-state index contributed by atoms with van der Waals surface area (Å²) in [5, 5.41) is 15.1. The number of ether oxygens (including phenoxy) is 1. The van der Waals surface area contributed by atoms with E-state index in [1.54, 1.807) is 0 Å². The minimum absolute atomic E-state index is 0.0732. The SMILES string of the molecule is CC1CN(Cc2nn(C)c3ccccc23)CC(CO)O1. The van der Waals surface area contributed by atoms with Gasteiger partial charge < -0.3 is 9.84 Å². The molecular weight excluding hydrogens is 254 g/mol. The third kappa shape index (κ3) is 2.57. The van der Waals surface area contributed by atoms with Gasteiger partial charge in [-0.2, -0.15) is 5.10 Å². The van der Waals surface area contributed by atoms with Crippen LogP contribution in [0.25, 0.3) is 10.9 Å². The highest BCUT2D eigenvalue weighted by Crippen LogP contribution is 2.20. The molecule has 1 aliphatic rings.